The number of fused-ring (bicyclic) bond motifs is 1. The molecule has 6 nitrogen and oxygen atoms in total. The first-order valence-electron chi connectivity index (χ1n) is 6.10. The number of carboxylic acids is 1. The summed E-state index contributed by atoms with van der Waals surface area (Å²) >= 11 is 18.2. The van der Waals surface area contributed by atoms with Gasteiger partial charge < -0.3 is 10.8 Å². The van der Waals surface area contributed by atoms with Crippen LogP contribution in [0.2, 0.25) is 15.1 Å². The molecule has 0 fully saturated rings. The van der Waals surface area contributed by atoms with Gasteiger partial charge in [0.2, 0.25) is 0 Å². The fraction of sp³-hybridized carbons (Fsp3) is 0.0769. The molecule has 1 aliphatic heterocycles. The summed E-state index contributed by atoms with van der Waals surface area (Å²) in [4.78, 5) is 15.3. The number of nitrogens with two attached hydrogens (primary N) is 1. The lowest BCUT2D eigenvalue weighted by Gasteiger charge is -2.21. The first-order chi connectivity index (χ1) is 10.4. The van der Waals surface area contributed by atoms with Gasteiger partial charge >= 0.3 is 5.97 Å². The van der Waals surface area contributed by atoms with Crippen LogP contribution in [0.15, 0.2) is 18.2 Å². The maximum Gasteiger partial charge on any atom is 0.356 e. The van der Waals surface area contributed by atoms with Crippen molar-refractivity contribution in [1.82, 2.24) is 10.4 Å². The van der Waals surface area contributed by atoms with Crippen molar-refractivity contribution in [3.05, 3.63) is 44.5 Å². The number of hydrogen-bond acceptors (Lipinski definition) is 5. The van der Waals surface area contributed by atoms with E-state index in [2.05, 4.69) is 10.4 Å². The van der Waals surface area contributed by atoms with Crippen LogP contribution in [-0.2, 0) is 6.54 Å². The number of hydrogen-bond donors (Lipinski definition) is 3. The number of nitrogens with one attached hydrogen (secondary N) is 1. The molecule has 2 heterocycles. The van der Waals surface area contributed by atoms with Crippen molar-refractivity contribution in [1.29, 1.82) is 0 Å². The summed E-state index contributed by atoms with van der Waals surface area (Å²) in [5.74, 6) is -1.14. The third kappa shape index (κ3) is 2.24. The molecule has 4 N–H and O–H groups in total. The molecule has 0 aliphatic carbocycles. The Hall–Kier alpha value is -1.73. The zero-order chi connectivity index (χ0) is 16.0. The second kappa shape index (κ2) is 5.48. The fourth-order valence-electron chi connectivity index (χ4n) is 2.20. The van der Waals surface area contributed by atoms with Crippen LogP contribution in [0.5, 0.6) is 0 Å². The van der Waals surface area contributed by atoms with Crippen molar-refractivity contribution in [2.45, 2.75) is 6.54 Å². The van der Waals surface area contributed by atoms with Crippen LogP contribution in [-0.4, -0.2) is 16.1 Å². The van der Waals surface area contributed by atoms with Gasteiger partial charge in [0.25, 0.3) is 0 Å². The number of anilines is 3. The number of carbonyl (C=O) groups is 1. The van der Waals surface area contributed by atoms with Gasteiger partial charge in [-0.3, -0.25) is 5.01 Å². The summed E-state index contributed by atoms with van der Waals surface area (Å²) in [6.07, 6.45) is 0. The van der Waals surface area contributed by atoms with E-state index in [-0.39, 0.29) is 27.2 Å². The van der Waals surface area contributed by atoms with Crippen molar-refractivity contribution in [2.24, 2.45) is 0 Å². The van der Waals surface area contributed by atoms with Crippen LogP contribution in [0.4, 0.5) is 17.2 Å². The Labute approximate surface area is 140 Å². The van der Waals surface area contributed by atoms with E-state index in [1.54, 1.807) is 17.1 Å². The Morgan fingerprint density at radius 2 is 2.05 bits per heavy atom. The lowest BCUT2D eigenvalue weighted by atomic mass is 10.2. The van der Waals surface area contributed by atoms with Crippen LogP contribution >= 0.6 is 34.8 Å². The minimum atomic E-state index is -1.29. The number of aromatic carboxylic acids is 1. The number of benzene rings is 1. The number of rotatable bonds is 2. The second-order valence-corrected chi connectivity index (χ2v) is 5.70. The molecule has 0 unspecified atom stereocenters. The zero-order valence-corrected chi connectivity index (χ0v) is 13.2. The predicted molar refractivity (Wildman–Crippen MR) is 86.1 cm³/mol. The van der Waals surface area contributed by atoms with Gasteiger partial charge in [-0.2, -0.15) is 0 Å². The maximum absolute atomic E-state index is 11.2. The number of halogens is 3. The van der Waals surface area contributed by atoms with Gasteiger partial charge in [0, 0.05) is 17.1 Å². The normalized spacial score (nSPS) is 13.3. The molecular weight excluding hydrogens is 351 g/mol. The van der Waals surface area contributed by atoms with Crippen LogP contribution in [0.1, 0.15) is 16.1 Å². The van der Waals surface area contributed by atoms with Crippen molar-refractivity contribution in [2.75, 3.05) is 10.7 Å². The summed E-state index contributed by atoms with van der Waals surface area (Å²) < 4.78 is 0. The largest absolute Gasteiger partial charge is 0.476 e. The monoisotopic (exact) mass is 358 g/mol. The highest BCUT2D eigenvalue weighted by Crippen LogP contribution is 2.42. The summed E-state index contributed by atoms with van der Waals surface area (Å²) in [5.41, 5.74) is 10.0. The zero-order valence-electron chi connectivity index (χ0n) is 10.9. The topological polar surface area (TPSA) is 91.5 Å². The Kier molecular flexibility index (Phi) is 3.78. The van der Waals surface area contributed by atoms with Crippen LogP contribution < -0.4 is 16.2 Å². The number of nitrogen functional groups attached to an aromatic ring is 1. The minimum Gasteiger partial charge on any atom is -0.476 e. The Bertz CT molecular complexity index is 797. The summed E-state index contributed by atoms with van der Waals surface area (Å²) in [7, 11) is 0. The first kappa shape index (κ1) is 15.2. The molecular formula is C13H9Cl3N4O2. The fourth-order valence-corrected chi connectivity index (χ4v) is 2.93. The average Bonchev–Trinajstić information content (AvgIpc) is 2.90. The lowest BCUT2D eigenvalue weighted by molar-refractivity contribution is 0.0691. The molecule has 1 aliphatic rings. The summed E-state index contributed by atoms with van der Waals surface area (Å²) in [6, 6.07) is 5.34. The lowest BCUT2D eigenvalue weighted by Crippen LogP contribution is -2.28. The van der Waals surface area contributed by atoms with Gasteiger partial charge in [0.15, 0.2) is 11.5 Å². The highest BCUT2D eigenvalue weighted by Gasteiger charge is 2.28. The molecule has 1 aromatic heterocycles. The molecule has 2 aromatic rings. The highest BCUT2D eigenvalue weighted by molar-refractivity contribution is 6.41. The molecule has 0 saturated heterocycles. The molecule has 114 valence electrons. The number of nitrogens with zero attached hydrogens (tertiary/aromatic N) is 2. The third-order valence-corrected chi connectivity index (χ3v) is 4.37. The standard InChI is InChI=1S/C13H9Cl3N4O2/c14-6-2-1-3-7-5(6)4-18-20(7)12-9(16)10(17)8(15)11(19-12)13(21)22/h1-3,18H,4H2,(H2,17,19)(H,21,22). The van der Waals surface area contributed by atoms with E-state index in [1.165, 1.54) is 0 Å². The number of aromatic nitrogens is 1. The molecule has 0 spiro atoms. The van der Waals surface area contributed by atoms with E-state index in [0.717, 1.165) is 11.3 Å². The molecule has 0 saturated carbocycles. The second-order valence-electron chi connectivity index (χ2n) is 4.54. The maximum atomic E-state index is 11.2. The van der Waals surface area contributed by atoms with Crippen molar-refractivity contribution in [3.8, 4) is 0 Å². The van der Waals surface area contributed by atoms with Gasteiger partial charge in [-0.1, -0.05) is 40.9 Å². The highest BCUT2D eigenvalue weighted by atomic mass is 35.5. The van der Waals surface area contributed by atoms with Gasteiger partial charge in [0.05, 0.1) is 16.4 Å². The molecule has 0 radical (unpaired) electrons. The van der Waals surface area contributed by atoms with E-state index < -0.39 is 5.97 Å². The van der Waals surface area contributed by atoms with E-state index in [0.29, 0.717) is 11.6 Å². The van der Waals surface area contributed by atoms with E-state index in [9.17, 15) is 9.90 Å². The van der Waals surface area contributed by atoms with Gasteiger partial charge in [0.1, 0.15) is 5.02 Å². The van der Waals surface area contributed by atoms with Crippen molar-refractivity contribution >= 4 is 58.0 Å². The molecule has 0 amide bonds. The summed E-state index contributed by atoms with van der Waals surface area (Å²) in [6.45, 7) is 0.456. The van der Waals surface area contributed by atoms with Gasteiger partial charge in [-0.15, -0.1) is 0 Å². The molecule has 1 aromatic carbocycles. The van der Waals surface area contributed by atoms with Crippen molar-refractivity contribution < 1.29 is 9.90 Å². The third-order valence-electron chi connectivity index (χ3n) is 3.26. The van der Waals surface area contributed by atoms with Gasteiger partial charge in [-0.05, 0) is 12.1 Å². The van der Waals surface area contributed by atoms with Gasteiger partial charge in [-0.25, -0.2) is 15.2 Å². The quantitative estimate of drug-likeness (QED) is 0.760. The molecule has 0 atom stereocenters. The van der Waals surface area contributed by atoms with Crippen LogP contribution in [0, 0.1) is 0 Å². The van der Waals surface area contributed by atoms with Crippen LogP contribution in [0.25, 0.3) is 0 Å². The number of pyridine rings is 1. The molecule has 22 heavy (non-hydrogen) atoms. The predicted octanol–water partition coefficient (Wildman–Crippen LogP) is 3.48. The van der Waals surface area contributed by atoms with Crippen LogP contribution in [0.3, 0.4) is 0 Å². The van der Waals surface area contributed by atoms with Crippen molar-refractivity contribution in [3.63, 3.8) is 0 Å². The number of hydrazine groups is 1. The van der Waals surface area contributed by atoms with E-state index in [4.69, 9.17) is 40.5 Å². The Balaban J connectivity index is 2.19. The Morgan fingerprint density at radius 1 is 1.32 bits per heavy atom. The van der Waals surface area contributed by atoms with E-state index >= 15 is 0 Å². The summed E-state index contributed by atoms with van der Waals surface area (Å²) in [5, 5.41) is 11.2. The smallest absolute Gasteiger partial charge is 0.356 e. The van der Waals surface area contributed by atoms with E-state index in [1.807, 2.05) is 6.07 Å². The molecule has 0 bridgehead atoms. The first-order valence-corrected chi connectivity index (χ1v) is 7.24. The Morgan fingerprint density at radius 3 is 2.73 bits per heavy atom. The average molecular weight is 360 g/mol. The minimum absolute atomic E-state index is 0.0389. The molecule has 3 rings (SSSR count). The number of carboxylic acid groups (broad SMARTS) is 1. The SMILES string of the molecule is Nc1c(Cl)c(C(=O)O)nc(N2NCc3c(Cl)cccc32)c1Cl. The molecule has 9 heteroatoms.